The first-order chi connectivity index (χ1) is 8.15. The molecule has 1 atom stereocenters. The van der Waals surface area contributed by atoms with E-state index in [4.69, 9.17) is 4.74 Å². The van der Waals surface area contributed by atoms with Crippen molar-refractivity contribution in [2.75, 3.05) is 45.9 Å². The summed E-state index contributed by atoms with van der Waals surface area (Å²) in [7, 11) is 0. The summed E-state index contributed by atoms with van der Waals surface area (Å²) in [5.41, 5.74) is -0.222. The lowest BCUT2D eigenvalue weighted by atomic mass is 9.88. The van der Waals surface area contributed by atoms with E-state index in [-0.39, 0.29) is 5.41 Å². The zero-order valence-electron chi connectivity index (χ0n) is 11.0. The lowest BCUT2D eigenvalue weighted by Gasteiger charge is -2.39. The minimum Gasteiger partial charge on any atom is -0.380 e. The van der Waals surface area contributed by atoms with E-state index in [1.807, 2.05) is 0 Å². The van der Waals surface area contributed by atoms with Crippen LogP contribution in [0.25, 0.3) is 0 Å². The summed E-state index contributed by atoms with van der Waals surface area (Å²) < 4.78 is 5.38. The minimum absolute atomic E-state index is 0.222. The largest absolute Gasteiger partial charge is 0.380 e. The van der Waals surface area contributed by atoms with Crippen LogP contribution in [0.3, 0.4) is 0 Å². The van der Waals surface area contributed by atoms with E-state index < -0.39 is 0 Å². The van der Waals surface area contributed by atoms with Crippen molar-refractivity contribution in [3.05, 3.63) is 0 Å². The molecule has 0 spiro atoms. The Kier molecular flexibility index (Phi) is 4.17. The van der Waals surface area contributed by atoms with Gasteiger partial charge in [-0.1, -0.05) is 0 Å². The third kappa shape index (κ3) is 3.06. The Balaban J connectivity index is 1.83. The van der Waals surface area contributed by atoms with Crippen LogP contribution in [-0.2, 0) is 9.53 Å². The maximum Gasteiger partial charge on any atom is 0.129 e. The molecule has 2 saturated heterocycles. The second kappa shape index (κ2) is 5.46. The number of carbonyl (C=O) groups is 1. The molecule has 17 heavy (non-hydrogen) atoms. The van der Waals surface area contributed by atoms with Crippen LogP contribution in [0.2, 0.25) is 0 Å². The molecule has 2 aliphatic rings. The van der Waals surface area contributed by atoms with E-state index in [1.165, 1.54) is 0 Å². The molecular weight excluding hydrogens is 216 g/mol. The molecule has 2 aliphatic heterocycles. The van der Waals surface area contributed by atoms with Crippen LogP contribution in [0.4, 0.5) is 0 Å². The molecule has 0 aromatic heterocycles. The number of aldehydes is 1. The molecule has 98 valence electrons. The Morgan fingerprint density at radius 1 is 1.29 bits per heavy atom. The quantitative estimate of drug-likeness (QED) is 0.674. The Labute approximate surface area is 104 Å². The highest BCUT2D eigenvalue weighted by molar-refractivity contribution is 5.60. The van der Waals surface area contributed by atoms with Crippen LogP contribution in [0.1, 0.15) is 20.3 Å². The zero-order chi connectivity index (χ0) is 12.3. The van der Waals surface area contributed by atoms with Gasteiger partial charge in [0.25, 0.3) is 0 Å². The van der Waals surface area contributed by atoms with Crippen molar-refractivity contribution >= 4 is 6.29 Å². The standard InChI is InChI=1S/C13H24N2O2/c1-12(2)15-6-4-14(5-7-15)9-13(10-16)3-8-17-11-13/h10,12H,3-9,11H2,1-2H3. The molecule has 0 aliphatic carbocycles. The highest BCUT2D eigenvalue weighted by Gasteiger charge is 2.37. The van der Waals surface area contributed by atoms with Crippen molar-refractivity contribution < 1.29 is 9.53 Å². The molecule has 0 radical (unpaired) electrons. The Bertz CT molecular complexity index is 254. The third-order valence-corrected chi connectivity index (χ3v) is 4.06. The van der Waals surface area contributed by atoms with Crippen LogP contribution < -0.4 is 0 Å². The van der Waals surface area contributed by atoms with Gasteiger partial charge in [0.2, 0.25) is 0 Å². The number of carbonyl (C=O) groups excluding carboxylic acids is 1. The van der Waals surface area contributed by atoms with Gasteiger partial charge in [-0.2, -0.15) is 0 Å². The number of hydrogen-bond donors (Lipinski definition) is 0. The predicted molar refractivity (Wildman–Crippen MR) is 67.1 cm³/mol. The first-order valence-corrected chi connectivity index (χ1v) is 6.66. The monoisotopic (exact) mass is 240 g/mol. The fourth-order valence-corrected chi connectivity index (χ4v) is 2.76. The fourth-order valence-electron chi connectivity index (χ4n) is 2.76. The molecule has 2 rings (SSSR count). The van der Waals surface area contributed by atoms with Gasteiger partial charge in [-0.05, 0) is 20.3 Å². The van der Waals surface area contributed by atoms with E-state index in [1.54, 1.807) is 0 Å². The second-order valence-corrected chi connectivity index (χ2v) is 5.69. The first kappa shape index (κ1) is 13.0. The summed E-state index contributed by atoms with van der Waals surface area (Å²) >= 11 is 0. The van der Waals surface area contributed by atoms with Crippen LogP contribution in [0.15, 0.2) is 0 Å². The number of piperazine rings is 1. The number of rotatable bonds is 4. The Morgan fingerprint density at radius 2 is 2.00 bits per heavy atom. The van der Waals surface area contributed by atoms with Gasteiger partial charge in [0.1, 0.15) is 6.29 Å². The highest BCUT2D eigenvalue weighted by Crippen LogP contribution is 2.27. The molecule has 0 amide bonds. The summed E-state index contributed by atoms with van der Waals surface area (Å²) in [6.07, 6.45) is 2.01. The number of nitrogens with zero attached hydrogens (tertiary/aromatic N) is 2. The smallest absolute Gasteiger partial charge is 0.129 e. The van der Waals surface area contributed by atoms with Crippen LogP contribution in [0, 0.1) is 5.41 Å². The maximum atomic E-state index is 11.3. The van der Waals surface area contributed by atoms with Crippen molar-refractivity contribution in [2.24, 2.45) is 5.41 Å². The van der Waals surface area contributed by atoms with E-state index in [0.29, 0.717) is 12.6 Å². The lowest BCUT2D eigenvalue weighted by Crippen LogP contribution is -2.52. The van der Waals surface area contributed by atoms with Crippen molar-refractivity contribution in [1.29, 1.82) is 0 Å². The van der Waals surface area contributed by atoms with Gasteiger partial charge < -0.3 is 9.53 Å². The minimum atomic E-state index is -0.222. The van der Waals surface area contributed by atoms with Gasteiger partial charge in [-0.15, -0.1) is 0 Å². The average molecular weight is 240 g/mol. The summed E-state index contributed by atoms with van der Waals surface area (Å²) in [6.45, 7) is 11.1. The van der Waals surface area contributed by atoms with Crippen molar-refractivity contribution in [3.63, 3.8) is 0 Å². The Hall–Kier alpha value is -0.450. The third-order valence-electron chi connectivity index (χ3n) is 4.06. The molecule has 0 aromatic carbocycles. The summed E-state index contributed by atoms with van der Waals surface area (Å²) in [6, 6.07) is 0.631. The van der Waals surface area contributed by atoms with E-state index in [0.717, 1.165) is 52.0 Å². The summed E-state index contributed by atoms with van der Waals surface area (Å²) in [5.74, 6) is 0. The predicted octanol–water partition coefficient (Wildman–Crippen LogP) is 0.618. The fraction of sp³-hybridized carbons (Fsp3) is 0.923. The normalized spacial score (nSPS) is 32.2. The SMILES string of the molecule is CC(C)N1CCN(CC2(C=O)CCOC2)CC1. The van der Waals surface area contributed by atoms with Crippen molar-refractivity contribution in [2.45, 2.75) is 26.3 Å². The molecule has 1 unspecified atom stereocenters. The molecule has 4 nitrogen and oxygen atoms in total. The summed E-state index contributed by atoms with van der Waals surface area (Å²) in [5, 5.41) is 0. The number of ether oxygens (including phenoxy) is 1. The van der Waals surface area contributed by atoms with E-state index in [9.17, 15) is 4.79 Å². The van der Waals surface area contributed by atoms with Gasteiger partial charge >= 0.3 is 0 Å². The average Bonchev–Trinajstić information content (AvgIpc) is 2.79. The molecule has 0 saturated carbocycles. The molecule has 4 heteroatoms. The summed E-state index contributed by atoms with van der Waals surface area (Å²) in [4.78, 5) is 16.2. The Morgan fingerprint density at radius 3 is 2.47 bits per heavy atom. The highest BCUT2D eigenvalue weighted by atomic mass is 16.5. The maximum absolute atomic E-state index is 11.3. The van der Waals surface area contributed by atoms with Crippen molar-refractivity contribution in [3.8, 4) is 0 Å². The molecule has 0 aromatic rings. The van der Waals surface area contributed by atoms with Gasteiger partial charge in [0.05, 0.1) is 12.0 Å². The van der Waals surface area contributed by atoms with Gasteiger partial charge in [0.15, 0.2) is 0 Å². The van der Waals surface area contributed by atoms with Crippen LogP contribution >= 0.6 is 0 Å². The van der Waals surface area contributed by atoms with Crippen LogP contribution in [-0.4, -0.2) is 68.1 Å². The van der Waals surface area contributed by atoms with Gasteiger partial charge in [0, 0.05) is 45.4 Å². The van der Waals surface area contributed by atoms with E-state index >= 15 is 0 Å². The topological polar surface area (TPSA) is 32.8 Å². The van der Waals surface area contributed by atoms with Crippen LogP contribution in [0.5, 0.6) is 0 Å². The van der Waals surface area contributed by atoms with Gasteiger partial charge in [-0.25, -0.2) is 0 Å². The van der Waals surface area contributed by atoms with Gasteiger partial charge in [-0.3, -0.25) is 9.80 Å². The molecule has 2 fully saturated rings. The molecule has 0 N–H and O–H groups in total. The first-order valence-electron chi connectivity index (χ1n) is 6.66. The van der Waals surface area contributed by atoms with Crippen molar-refractivity contribution in [1.82, 2.24) is 9.80 Å². The van der Waals surface area contributed by atoms with E-state index in [2.05, 4.69) is 23.6 Å². The lowest BCUT2D eigenvalue weighted by molar-refractivity contribution is -0.117. The second-order valence-electron chi connectivity index (χ2n) is 5.69. The molecular formula is C13H24N2O2. The molecule has 2 heterocycles. The number of hydrogen-bond acceptors (Lipinski definition) is 4. The molecule has 0 bridgehead atoms. The zero-order valence-corrected chi connectivity index (χ0v) is 11.0.